The largest absolute Gasteiger partial charge is 0.441 e. The van der Waals surface area contributed by atoms with E-state index >= 15 is 0 Å². The second kappa shape index (κ2) is 9.92. The Kier molecular flexibility index (Phi) is 7.28. The molecule has 0 unspecified atom stereocenters. The topological polar surface area (TPSA) is 89.3 Å². The van der Waals surface area contributed by atoms with E-state index in [1.807, 2.05) is 68.4 Å². The van der Waals surface area contributed by atoms with Crippen LogP contribution in [0.5, 0.6) is 0 Å². The van der Waals surface area contributed by atoms with Crippen molar-refractivity contribution in [2.45, 2.75) is 45.4 Å². The fourth-order valence-corrected chi connectivity index (χ4v) is 4.68. The van der Waals surface area contributed by atoms with E-state index in [4.69, 9.17) is 4.42 Å². The van der Waals surface area contributed by atoms with Gasteiger partial charge in [-0.1, -0.05) is 55.5 Å². The molecule has 1 atom stereocenters. The molecule has 3 aromatic rings. The third-order valence-electron chi connectivity index (χ3n) is 5.16. The lowest BCUT2D eigenvalue weighted by atomic mass is 10.0. The molecule has 0 saturated heterocycles. The van der Waals surface area contributed by atoms with Gasteiger partial charge in [0.05, 0.1) is 11.4 Å². The molecule has 0 fully saturated rings. The van der Waals surface area contributed by atoms with Crippen molar-refractivity contribution in [1.82, 2.24) is 10.3 Å². The number of carbonyl (C=O) groups is 1. The van der Waals surface area contributed by atoms with Gasteiger partial charge in [0.25, 0.3) is 0 Å². The van der Waals surface area contributed by atoms with Crippen LogP contribution in [0.15, 0.2) is 59.0 Å². The van der Waals surface area contributed by atoms with Gasteiger partial charge in [-0.2, -0.15) is 0 Å². The van der Waals surface area contributed by atoms with Crippen LogP contribution in [0, 0.1) is 13.8 Å². The van der Waals surface area contributed by atoms with Crippen molar-refractivity contribution in [2.75, 3.05) is 5.75 Å². The number of aromatic nitrogens is 1. The lowest BCUT2D eigenvalue weighted by Gasteiger charge is -2.17. The molecule has 1 N–H and O–H groups in total. The zero-order valence-electron chi connectivity index (χ0n) is 18.1. The summed E-state index contributed by atoms with van der Waals surface area (Å²) < 4.78 is 31.0. The maximum atomic E-state index is 12.7. The van der Waals surface area contributed by atoms with Gasteiger partial charge in [-0.15, -0.1) is 0 Å². The second-order valence-corrected chi connectivity index (χ2v) is 9.80. The average Bonchev–Trinajstić information content (AvgIpc) is 3.07. The van der Waals surface area contributed by atoms with Crippen LogP contribution >= 0.6 is 0 Å². The molecule has 7 heteroatoms. The van der Waals surface area contributed by atoms with Crippen LogP contribution < -0.4 is 5.32 Å². The van der Waals surface area contributed by atoms with Gasteiger partial charge in [0.1, 0.15) is 11.5 Å². The van der Waals surface area contributed by atoms with Gasteiger partial charge in [-0.3, -0.25) is 4.79 Å². The van der Waals surface area contributed by atoms with Gasteiger partial charge in [-0.05, 0) is 43.9 Å². The summed E-state index contributed by atoms with van der Waals surface area (Å²) in [5.41, 5.74) is 3.24. The van der Waals surface area contributed by atoms with Gasteiger partial charge in [0.15, 0.2) is 9.84 Å². The lowest BCUT2D eigenvalue weighted by Crippen LogP contribution is -2.39. The number of nitrogens with one attached hydrogen (secondary N) is 1. The van der Waals surface area contributed by atoms with Crippen LogP contribution in [-0.2, 0) is 26.8 Å². The van der Waals surface area contributed by atoms with E-state index < -0.39 is 21.5 Å². The van der Waals surface area contributed by atoms with Crippen molar-refractivity contribution >= 4 is 15.7 Å². The van der Waals surface area contributed by atoms with E-state index in [0.29, 0.717) is 30.2 Å². The van der Waals surface area contributed by atoms with Crippen molar-refractivity contribution in [2.24, 2.45) is 0 Å². The summed E-state index contributed by atoms with van der Waals surface area (Å²) in [5, 5.41) is 2.85. The first-order chi connectivity index (χ1) is 14.8. The number of benzene rings is 2. The standard InChI is InChI=1S/C24H28N2O4S/c1-4-20(14-19-11-6-5-7-12-19)25-23(27)16-31(28,29)15-22-18(3)30-24(26-22)21-13-9-8-10-17(21)2/h5-13,20H,4,14-16H2,1-3H3,(H,25,27)/t20-/m1/s1. The minimum atomic E-state index is -3.70. The van der Waals surface area contributed by atoms with E-state index in [1.54, 1.807) is 6.92 Å². The highest BCUT2D eigenvalue weighted by Crippen LogP contribution is 2.25. The lowest BCUT2D eigenvalue weighted by molar-refractivity contribution is -0.119. The van der Waals surface area contributed by atoms with Gasteiger partial charge in [0, 0.05) is 11.6 Å². The molecule has 0 bridgehead atoms. The molecule has 0 spiro atoms. The monoisotopic (exact) mass is 440 g/mol. The highest BCUT2D eigenvalue weighted by Gasteiger charge is 2.23. The summed E-state index contributed by atoms with van der Waals surface area (Å²) in [7, 11) is -3.70. The third-order valence-corrected chi connectivity index (χ3v) is 6.57. The summed E-state index contributed by atoms with van der Waals surface area (Å²) in [6, 6.07) is 17.3. The Balaban J connectivity index is 1.64. The van der Waals surface area contributed by atoms with Gasteiger partial charge in [0.2, 0.25) is 11.8 Å². The Bertz CT molecular complexity index is 1140. The number of hydrogen-bond donors (Lipinski definition) is 1. The summed E-state index contributed by atoms with van der Waals surface area (Å²) in [6.45, 7) is 5.59. The minimum absolute atomic E-state index is 0.119. The Morgan fingerprint density at radius 1 is 1.06 bits per heavy atom. The Morgan fingerprint density at radius 2 is 1.74 bits per heavy atom. The Morgan fingerprint density at radius 3 is 2.42 bits per heavy atom. The zero-order chi connectivity index (χ0) is 22.4. The van der Waals surface area contributed by atoms with Crippen LogP contribution in [0.2, 0.25) is 0 Å². The number of nitrogens with zero attached hydrogens (tertiary/aromatic N) is 1. The van der Waals surface area contributed by atoms with Crippen LogP contribution in [-0.4, -0.2) is 31.1 Å². The number of carbonyl (C=O) groups excluding carboxylic acids is 1. The molecular weight excluding hydrogens is 412 g/mol. The molecule has 31 heavy (non-hydrogen) atoms. The summed E-state index contributed by atoms with van der Waals surface area (Å²) in [6.07, 6.45) is 1.37. The third kappa shape index (κ3) is 6.28. The maximum absolute atomic E-state index is 12.7. The van der Waals surface area contributed by atoms with Crippen LogP contribution in [0.1, 0.15) is 35.9 Å². The summed E-state index contributed by atoms with van der Waals surface area (Å²) in [4.78, 5) is 16.8. The molecule has 0 radical (unpaired) electrons. The van der Waals surface area contributed by atoms with E-state index in [0.717, 1.165) is 16.7 Å². The molecular formula is C24H28N2O4S. The maximum Gasteiger partial charge on any atom is 0.235 e. The van der Waals surface area contributed by atoms with Gasteiger partial charge < -0.3 is 9.73 Å². The highest BCUT2D eigenvalue weighted by atomic mass is 32.2. The van der Waals surface area contributed by atoms with Crippen LogP contribution in [0.25, 0.3) is 11.5 Å². The number of hydrogen-bond acceptors (Lipinski definition) is 5. The van der Waals surface area contributed by atoms with Crippen molar-refractivity contribution in [3.8, 4) is 11.5 Å². The summed E-state index contributed by atoms with van der Waals surface area (Å²) >= 11 is 0. The molecule has 1 heterocycles. The zero-order valence-corrected chi connectivity index (χ0v) is 18.9. The van der Waals surface area contributed by atoms with E-state index in [2.05, 4.69) is 10.3 Å². The van der Waals surface area contributed by atoms with Crippen molar-refractivity contribution in [3.05, 3.63) is 77.2 Å². The quantitative estimate of drug-likeness (QED) is 0.543. The number of amides is 1. The Labute approximate surface area is 183 Å². The van der Waals surface area contributed by atoms with Crippen molar-refractivity contribution < 1.29 is 17.6 Å². The molecule has 1 amide bonds. The molecule has 0 aliphatic rings. The molecule has 3 rings (SSSR count). The van der Waals surface area contributed by atoms with Crippen LogP contribution in [0.4, 0.5) is 0 Å². The van der Waals surface area contributed by atoms with E-state index in [-0.39, 0.29) is 11.8 Å². The second-order valence-electron chi connectivity index (χ2n) is 7.73. The van der Waals surface area contributed by atoms with Crippen molar-refractivity contribution in [1.29, 1.82) is 0 Å². The molecule has 0 aliphatic carbocycles. The van der Waals surface area contributed by atoms with Crippen molar-refractivity contribution in [3.63, 3.8) is 0 Å². The fraction of sp³-hybridized carbons (Fsp3) is 0.333. The number of oxazole rings is 1. The SMILES string of the molecule is CC[C@H](Cc1ccccc1)NC(=O)CS(=O)(=O)Cc1nc(-c2ccccc2C)oc1C. The minimum Gasteiger partial charge on any atom is -0.441 e. The first-order valence-corrected chi connectivity index (χ1v) is 12.2. The van der Waals surface area contributed by atoms with Gasteiger partial charge in [-0.25, -0.2) is 13.4 Å². The molecule has 1 aromatic heterocycles. The summed E-state index contributed by atoms with van der Waals surface area (Å²) in [5.74, 6) is -0.582. The average molecular weight is 441 g/mol. The molecule has 164 valence electrons. The molecule has 6 nitrogen and oxygen atoms in total. The molecule has 0 aliphatic heterocycles. The molecule has 2 aromatic carbocycles. The van der Waals surface area contributed by atoms with Crippen LogP contribution in [0.3, 0.4) is 0 Å². The number of aryl methyl sites for hydroxylation is 2. The molecule has 0 saturated carbocycles. The predicted molar refractivity (Wildman–Crippen MR) is 121 cm³/mol. The highest BCUT2D eigenvalue weighted by molar-refractivity contribution is 7.91. The predicted octanol–water partition coefficient (Wildman–Crippen LogP) is 4.01. The van der Waals surface area contributed by atoms with Gasteiger partial charge >= 0.3 is 0 Å². The first kappa shape index (κ1) is 22.7. The fourth-order valence-electron chi connectivity index (χ4n) is 3.41. The number of rotatable bonds is 9. The first-order valence-electron chi connectivity index (χ1n) is 10.3. The van der Waals surface area contributed by atoms with E-state index in [9.17, 15) is 13.2 Å². The smallest absolute Gasteiger partial charge is 0.235 e. The number of sulfone groups is 1. The Hall–Kier alpha value is -2.93. The normalized spacial score (nSPS) is 12.5. The van der Waals surface area contributed by atoms with E-state index in [1.165, 1.54) is 0 Å².